The van der Waals surface area contributed by atoms with Crippen LogP contribution in [0.2, 0.25) is 30.7 Å². The Morgan fingerprint density at radius 3 is 2.27 bits per heavy atom. The van der Waals surface area contributed by atoms with Crippen LogP contribution in [0, 0.1) is 6.92 Å². The lowest BCUT2D eigenvalue weighted by Crippen LogP contribution is -2.68. The van der Waals surface area contributed by atoms with Gasteiger partial charge < -0.3 is 23.7 Å². The van der Waals surface area contributed by atoms with Crippen LogP contribution in [0.3, 0.4) is 0 Å². The van der Waals surface area contributed by atoms with Gasteiger partial charge in [-0.05, 0) is 63.8 Å². The van der Waals surface area contributed by atoms with Gasteiger partial charge >= 0.3 is 0 Å². The Kier molecular flexibility index (Phi) is 14.0. The first-order chi connectivity index (χ1) is 30.1. The number of hydrogen-bond acceptors (Lipinski definition) is 9. The molecule has 0 bridgehead atoms. The SMILES string of the molecule is Cc1ccc(-c2noc(CC(O[Si](c3ccccc3)(c3ccccc3)C(C)(C)C)C(F)F)n2)cc1NC(=O)c1cnc2cc(COCc3ccn(COCC[Si](C)(C)C)n3)ccn12. The van der Waals surface area contributed by atoms with Gasteiger partial charge in [-0.3, -0.25) is 9.20 Å². The molecule has 4 aromatic heterocycles. The molecule has 63 heavy (non-hydrogen) atoms. The first-order valence-electron chi connectivity index (χ1n) is 21.1. The largest absolute Gasteiger partial charge is 0.398 e. The molecule has 0 spiro atoms. The number of nitrogens with one attached hydrogen (secondary N) is 1. The number of aromatic nitrogens is 6. The van der Waals surface area contributed by atoms with E-state index >= 15 is 8.78 Å². The molecule has 330 valence electrons. The first-order valence-corrected chi connectivity index (χ1v) is 26.7. The van der Waals surface area contributed by atoms with Crippen molar-refractivity contribution in [3.63, 3.8) is 0 Å². The maximum Gasteiger partial charge on any atom is 0.274 e. The summed E-state index contributed by atoms with van der Waals surface area (Å²) in [7, 11) is -4.45. The van der Waals surface area contributed by atoms with Gasteiger partial charge in [0.15, 0.2) is 0 Å². The monoisotopic (exact) mass is 891 g/mol. The number of halogens is 2. The Hall–Kier alpha value is -5.66. The predicted molar refractivity (Wildman–Crippen MR) is 245 cm³/mol. The molecule has 1 N–H and O–H groups in total. The number of carbonyl (C=O) groups is 1. The summed E-state index contributed by atoms with van der Waals surface area (Å²) in [5.41, 5.74) is 4.47. The smallest absolute Gasteiger partial charge is 0.274 e. The molecule has 0 radical (unpaired) electrons. The summed E-state index contributed by atoms with van der Waals surface area (Å²) < 4.78 is 57.6. The average molecular weight is 892 g/mol. The molecule has 1 atom stereocenters. The Bertz CT molecular complexity index is 2570. The van der Waals surface area contributed by atoms with Gasteiger partial charge in [-0.2, -0.15) is 10.1 Å². The minimum Gasteiger partial charge on any atom is -0.398 e. The molecule has 0 fully saturated rings. The van der Waals surface area contributed by atoms with Gasteiger partial charge in [0, 0.05) is 38.3 Å². The van der Waals surface area contributed by atoms with Gasteiger partial charge in [-0.1, -0.05) is 118 Å². The number of imidazole rings is 1. The van der Waals surface area contributed by atoms with Crippen molar-refractivity contribution in [2.45, 2.75) is 97.3 Å². The normalized spacial score (nSPS) is 12.9. The van der Waals surface area contributed by atoms with Crippen molar-refractivity contribution in [1.82, 2.24) is 29.3 Å². The number of rotatable bonds is 19. The standard InChI is InChI=1S/C47H55F2N7O5Si2/c1-33-18-19-35(45-52-43(60-54-45)28-41(44(48)49)61-63(47(2,3)4,37-14-10-8-11-15-37)38-16-12-9-13-17-38)27-39(33)51-46(57)40-29-50-42-26-34(20-23-56(40)42)30-59-31-36-21-22-55(53-36)32-58-24-25-62(5,6)7/h8-23,26-27,29,41,44H,24-25,28,30-32H2,1-7H3,(H,51,57). The summed E-state index contributed by atoms with van der Waals surface area (Å²) in [5, 5.41) is 12.9. The molecule has 0 saturated heterocycles. The van der Waals surface area contributed by atoms with E-state index in [9.17, 15) is 4.79 Å². The highest BCUT2D eigenvalue weighted by Crippen LogP contribution is 2.38. The molecular weight excluding hydrogens is 837 g/mol. The van der Waals surface area contributed by atoms with Crippen LogP contribution in [-0.2, 0) is 40.3 Å². The number of anilines is 1. The van der Waals surface area contributed by atoms with E-state index in [1.165, 1.54) is 6.20 Å². The Morgan fingerprint density at radius 1 is 0.889 bits per heavy atom. The minimum atomic E-state index is -3.31. The zero-order chi connectivity index (χ0) is 44.8. The fourth-order valence-electron chi connectivity index (χ4n) is 7.45. The van der Waals surface area contributed by atoms with E-state index in [-0.39, 0.29) is 24.0 Å². The highest BCUT2D eigenvalue weighted by molar-refractivity contribution is 6.99. The molecule has 12 nitrogen and oxygen atoms in total. The van der Waals surface area contributed by atoms with E-state index in [4.69, 9.17) is 18.4 Å². The van der Waals surface area contributed by atoms with E-state index in [1.807, 2.05) is 119 Å². The van der Waals surface area contributed by atoms with E-state index in [1.54, 1.807) is 27.4 Å². The minimum absolute atomic E-state index is 0.0132. The topological polar surface area (TPSA) is 131 Å². The third-order valence-corrected chi connectivity index (χ3v) is 17.6. The summed E-state index contributed by atoms with van der Waals surface area (Å²) in [6.07, 6.45) is 0.533. The number of carbonyl (C=O) groups excluding carboxylic acids is 1. The van der Waals surface area contributed by atoms with Crippen molar-refractivity contribution < 1.29 is 32.0 Å². The molecule has 4 heterocycles. The lowest BCUT2D eigenvalue weighted by molar-refractivity contribution is 0.00243. The van der Waals surface area contributed by atoms with Gasteiger partial charge in [0.05, 0.1) is 31.5 Å². The Morgan fingerprint density at radius 2 is 1.60 bits per heavy atom. The van der Waals surface area contributed by atoms with Gasteiger partial charge in [0.1, 0.15) is 24.2 Å². The fraction of sp³-hybridized carbons (Fsp3) is 0.340. The zero-order valence-electron chi connectivity index (χ0n) is 36.8. The molecule has 0 aliphatic rings. The molecule has 1 amide bonds. The van der Waals surface area contributed by atoms with Crippen LogP contribution in [0.1, 0.15) is 54.0 Å². The molecule has 0 aliphatic heterocycles. The number of amides is 1. The Balaban J connectivity index is 0.998. The molecule has 7 aromatic rings. The number of alkyl halides is 2. The fourth-order valence-corrected chi connectivity index (χ4v) is 12.9. The highest BCUT2D eigenvalue weighted by atomic mass is 28.4. The lowest BCUT2D eigenvalue weighted by atomic mass is 10.1. The predicted octanol–water partition coefficient (Wildman–Crippen LogP) is 8.92. The third kappa shape index (κ3) is 10.9. The highest BCUT2D eigenvalue weighted by Gasteiger charge is 2.52. The zero-order valence-corrected chi connectivity index (χ0v) is 38.8. The van der Waals surface area contributed by atoms with Crippen molar-refractivity contribution >= 4 is 44.0 Å². The van der Waals surface area contributed by atoms with E-state index in [0.29, 0.717) is 42.5 Å². The average Bonchev–Trinajstić information content (AvgIpc) is 4.02. The van der Waals surface area contributed by atoms with Crippen LogP contribution in [0.5, 0.6) is 0 Å². The molecule has 1 unspecified atom stereocenters. The quantitative estimate of drug-likeness (QED) is 0.0625. The summed E-state index contributed by atoms with van der Waals surface area (Å²) in [4.78, 5) is 22.7. The molecular formula is C47H55F2N7O5Si2. The molecule has 0 aliphatic carbocycles. The third-order valence-electron chi connectivity index (χ3n) is 10.9. The second-order valence-electron chi connectivity index (χ2n) is 17.9. The van der Waals surface area contributed by atoms with Crippen LogP contribution in [0.25, 0.3) is 17.0 Å². The molecule has 0 saturated carbocycles. The summed E-state index contributed by atoms with van der Waals surface area (Å²) in [5.74, 6) is -0.168. The van der Waals surface area contributed by atoms with E-state index in [0.717, 1.165) is 39.8 Å². The van der Waals surface area contributed by atoms with Crippen molar-refractivity contribution in [2.24, 2.45) is 0 Å². The van der Waals surface area contributed by atoms with Gasteiger partial charge in [0.2, 0.25) is 11.7 Å². The van der Waals surface area contributed by atoms with Gasteiger partial charge in [0.25, 0.3) is 20.7 Å². The lowest BCUT2D eigenvalue weighted by Gasteiger charge is -2.44. The molecule has 16 heteroatoms. The molecule has 3 aromatic carbocycles. The number of aryl methyl sites for hydroxylation is 1. The molecule has 7 rings (SSSR count). The summed E-state index contributed by atoms with van der Waals surface area (Å²) in [6.45, 7) is 16.8. The van der Waals surface area contributed by atoms with Crippen molar-refractivity contribution in [2.75, 3.05) is 11.9 Å². The van der Waals surface area contributed by atoms with E-state index < -0.39 is 34.0 Å². The van der Waals surface area contributed by atoms with Crippen LogP contribution in [0.4, 0.5) is 14.5 Å². The van der Waals surface area contributed by atoms with Crippen LogP contribution < -0.4 is 15.7 Å². The maximum absolute atomic E-state index is 15.0. The second kappa shape index (κ2) is 19.4. The maximum atomic E-state index is 15.0. The summed E-state index contributed by atoms with van der Waals surface area (Å²) >= 11 is 0. The number of pyridine rings is 1. The Labute approximate surface area is 368 Å². The van der Waals surface area contributed by atoms with Crippen LogP contribution in [0.15, 0.2) is 120 Å². The van der Waals surface area contributed by atoms with E-state index in [2.05, 4.69) is 45.2 Å². The number of nitrogens with zero attached hydrogens (tertiary/aromatic N) is 6. The second-order valence-corrected chi connectivity index (χ2v) is 27.8. The van der Waals surface area contributed by atoms with Crippen LogP contribution >= 0.6 is 0 Å². The van der Waals surface area contributed by atoms with Gasteiger partial charge in [-0.25, -0.2) is 18.4 Å². The van der Waals surface area contributed by atoms with Crippen molar-refractivity contribution in [3.05, 3.63) is 144 Å². The number of fused-ring (bicyclic) bond motifs is 1. The van der Waals surface area contributed by atoms with Crippen molar-refractivity contribution in [3.8, 4) is 11.4 Å². The number of hydrogen-bond donors (Lipinski definition) is 1. The number of benzene rings is 3. The number of ether oxygens (including phenoxy) is 2. The van der Waals surface area contributed by atoms with Crippen LogP contribution in [-0.4, -0.2) is 70.7 Å². The van der Waals surface area contributed by atoms with Gasteiger partial charge in [-0.15, -0.1) is 0 Å². The summed E-state index contributed by atoms with van der Waals surface area (Å²) in [6, 6.07) is 31.4. The first kappa shape index (κ1) is 45.4. The van der Waals surface area contributed by atoms with Crippen molar-refractivity contribution in [1.29, 1.82) is 0 Å².